The molecule has 3 aromatic rings. The molecule has 9 heteroatoms. The molecule has 1 aromatic heterocycles. The Balaban J connectivity index is 1.77. The Morgan fingerprint density at radius 2 is 1.83 bits per heavy atom. The Morgan fingerprint density at radius 3 is 2.47 bits per heavy atom. The van der Waals surface area contributed by atoms with E-state index in [1.807, 2.05) is 6.92 Å². The number of amides is 1. The van der Waals surface area contributed by atoms with Crippen LogP contribution in [0.1, 0.15) is 23.2 Å². The molecule has 0 aliphatic carbocycles. The fourth-order valence-corrected chi connectivity index (χ4v) is 4.44. The van der Waals surface area contributed by atoms with E-state index in [1.54, 1.807) is 26.0 Å². The van der Waals surface area contributed by atoms with Gasteiger partial charge in [0.2, 0.25) is 5.91 Å². The topological polar surface area (TPSA) is 89.3 Å². The van der Waals surface area contributed by atoms with E-state index in [0.717, 1.165) is 17.7 Å². The lowest BCUT2D eigenvalue weighted by Crippen LogP contribution is -2.18. The van der Waals surface area contributed by atoms with Crippen LogP contribution >= 0.6 is 0 Å². The molecule has 0 saturated carbocycles. The second-order valence-electron chi connectivity index (χ2n) is 6.94. The number of rotatable bonds is 6. The van der Waals surface area contributed by atoms with Crippen molar-refractivity contribution in [2.75, 3.05) is 11.1 Å². The van der Waals surface area contributed by atoms with Gasteiger partial charge < -0.3 is 9.84 Å². The van der Waals surface area contributed by atoms with E-state index in [9.17, 15) is 22.0 Å². The number of carbonyl (C=O) groups excluding carboxylic acids is 1. The molecule has 0 fully saturated rings. The maximum absolute atomic E-state index is 13.7. The van der Waals surface area contributed by atoms with Crippen molar-refractivity contribution in [2.24, 2.45) is 0 Å². The van der Waals surface area contributed by atoms with Crippen LogP contribution in [0.5, 0.6) is 0 Å². The minimum Gasteiger partial charge on any atom is -0.356 e. The number of benzene rings is 2. The maximum atomic E-state index is 13.7. The number of hydrogen-bond acceptors (Lipinski definition) is 5. The molecule has 0 spiro atoms. The summed E-state index contributed by atoms with van der Waals surface area (Å²) < 4.78 is 57.6. The van der Waals surface area contributed by atoms with Crippen LogP contribution in [0.4, 0.5) is 14.5 Å². The van der Waals surface area contributed by atoms with Gasteiger partial charge in [0.15, 0.2) is 15.6 Å². The van der Waals surface area contributed by atoms with Gasteiger partial charge in [-0.3, -0.25) is 4.79 Å². The van der Waals surface area contributed by atoms with Crippen molar-refractivity contribution in [2.45, 2.75) is 32.1 Å². The molecular formula is C21H20F2N2O4S. The van der Waals surface area contributed by atoms with Crippen molar-refractivity contribution >= 4 is 21.4 Å². The predicted molar refractivity (Wildman–Crippen MR) is 108 cm³/mol. The quantitative estimate of drug-likeness (QED) is 0.623. The summed E-state index contributed by atoms with van der Waals surface area (Å²) in [6.45, 7) is 5.27. The molecular weight excluding hydrogens is 414 g/mol. The van der Waals surface area contributed by atoms with Gasteiger partial charge in [0.25, 0.3) is 0 Å². The van der Waals surface area contributed by atoms with E-state index in [4.69, 9.17) is 4.52 Å². The number of nitrogens with zero attached hydrogens (tertiary/aromatic N) is 1. The highest BCUT2D eigenvalue weighted by Crippen LogP contribution is 2.29. The molecule has 3 rings (SSSR count). The molecule has 6 nitrogen and oxygen atoms in total. The van der Waals surface area contributed by atoms with Gasteiger partial charge in [0.05, 0.1) is 22.0 Å². The number of nitrogens with one attached hydrogen (secondary N) is 1. The highest BCUT2D eigenvalue weighted by atomic mass is 32.2. The first kappa shape index (κ1) is 21.6. The van der Waals surface area contributed by atoms with Gasteiger partial charge in [-0.1, -0.05) is 17.3 Å². The fraction of sp³-hybridized carbons (Fsp3) is 0.238. The Hall–Kier alpha value is -3.07. The summed E-state index contributed by atoms with van der Waals surface area (Å²) in [5, 5.41) is 6.14. The maximum Gasteiger partial charge on any atom is 0.225 e. The van der Waals surface area contributed by atoms with Gasteiger partial charge >= 0.3 is 0 Å². The van der Waals surface area contributed by atoms with Crippen molar-refractivity contribution in [3.05, 3.63) is 64.9 Å². The minimum atomic E-state index is -3.81. The molecule has 0 aliphatic heterocycles. The van der Waals surface area contributed by atoms with Crippen molar-refractivity contribution in [3.63, 3.8) is 0 Å². The smallest absolute Gasteiger partial charge is 0.225 e. The molecule has 1 heterocycles. The van der Waals surface area contributed by atoms with Crippen LogP contribution in [0.15, 0.2) is 45.8 Å². The molecule has 1 N–H and O–H groups in total. The lowest BCUT2D eigenvalue weighted by Gasteiger charge is -2.10. The van der Waals surface area contributed by atoms with Crippen LogP contribution < -0.4 is 5.32 Å². The van der Waals surface area contributed by atoms with Gasteiger partial charge in [-0.05, 0) is 44.5 Å². The van der Waals surface area contributed by atoms with E-state index < -0.39 is 33.1 Å². The number of anilines is 1. The number of halogens is 2. The minimum absolute atomic E-state index is 0.0780. The summed E-state index contributed by atoms with van der Waals surface area (Å²) in [6.07, 6.45) is -0.386. The molecule has 1 amide bonds. The average Bonchev–Trinajstić information content (AvgIpc) is 3.02. The predicted octanol–water partition coefficient (Wildman–Crippen LogP) is 4.35. The monoisotopic (exact) mass is 434 g/mol. The highest BCUT2D eigenvalue weighted by Gasteiger charge is 2.21. The lowest BCUT2D eigenvalue weighted by molar-refractivity contribution is -0.115. The standard InChI is InChI=1S/C21H20F2N2O4S/c1-12-4-5-15(21-13(2)14(3)25-29-21)10-19(12)30(27,28)9-8-20(26)24-18-7-6-16(22)11-17(18)23/h4-7,10-11H,8-9H2,1-3H3,(H,24,26). The highest BCUT2D eigenvalue weighted by molar-refractivity contribution is 7.91. The first-order valence-electron chi connectivity index (χ1n) is 9.10. The van der Waals surface area contributed by atoms with Gasteiger partial charge in [0, 0.05) is 23.6 Å². The number of aryl methyl sites for hydroxylation is 2. The second kappa shape index (κ2) is 8.35. The fourth-order valence-electron chi connectivity index (χ4n) is 2.90. The molecule has 0 radical (unpaired) electrons. The van der Waals surface area contributed by atoms with Gasteiger partial charge in [-0.15, -0.1) is 0 Å². The first-order chi connectivity index (χ1) is 14.1. The average molecular weight is 434 g/mol. The summed E-state index contributed by atoms with van der Waals surface area (Å²) in [5.74, 6) is -2.40. The molecule has 30 heavy (non-hydrogen) atoms. The Labute approximate surface area is 172 Å². The largest absolute Gasteiger partial charge is 0.356 e. The summed E-state index contributed by atoms with van der Waals surface area (Å²) in [4.78, 5) is 12.2. The zero-order valence-electron chi connectivity index (χ0n) is 16.6. The number of hydrogen-bond donors (Lipinski definition) is 1. The molecule has 0 aliphatic rings. The van der Waals surface area contributed by atoms with Gasteiger partial charge in [0.1, 0.15) is 11.6 Å². The summed E-state index contributed by atoms with van der Waals surface area (Å²) in [5.41, 5.74) is 2.39. The van der Waals surface area contributed by atoms with Crippen LogP contribution in [0, 0.1) is 32.4 Å². The Morgan fingerprint density at radius 1 is 1.10 bits per heavy atom. The summed E-state index contributed by atoms with van der Waals surface area (Å²) in [7, 11) is -3.81. The SMILES string of the molecule is Cc1ccc(-c2onc(C)c2C)cc1S(=O)(=O)CCC(=O)Nc1ccc(F)cc1F. The van der Waals surface area contributed by atoms with Crippen molar-refractivity contribution in [1.82, 2.24) is 5.16 Å². The summed E-state index contributed by atoms with van der Waals surface area (Å²) >= 11 is 0. The van der Waals surface area contributed by atoms with Gasteiger partial charge in [-0.25, -0.2) is 17.2 Å². The normalized spacial score (nSPS) is 11.5. The van der Waals surface area contributed by atoms with Crippen LogP contribution in [0.3, 0.4) is 0 Å². The molecule has 0 unspecified atom stereocenters. The van der Waals surface area contributed by atoms with E-state index >= 15 is 0 Å². The molecule has 158 valence electrons. The van der Waals surface area contributed by atoms with E-state index in [2.05, 4.69) is 10.5 Å². The second-order valence-corrected chi connectivity index (χ2v) is 9.02. The van der Waals surface area contributed by atoms with Crippen molar-refractivity contribution < 1.29 is 26.5 Å². The third kappa shape index (κ3) is 4.56. The molecule has 0 bridgehead atoms. The summed E-state index contributed by atoms with van der Waals surface area (Å²) in [6, 6.07) is 7.60. The zero-order chi connectivity index (χ0) is 22.1. The Bertz CT molecular complexity index is 1220. The van der Waals surface area contributed by atoms with Crippen LogP contribution in [-0.4, -0.2) is 25.2 Å². The van der Waals surface area contributed by atoms with E-state index in [0.29, 0.717) is 28.6 Å². The zero-order valence-corrected chi connectivity index (χ0v) is 17.4. The van der Waals surface area contributed by atoms with Crippen molar-refractivity contribution in [3.8, 4) is 11.3 Å². The van der Waals surface area contributed by atoms with Crippen LogP contribution in [-0.2, 0) is 14.6 Å². The first-order valence-corrected chi connectivity index (χ1v) is 10.8. The molecule has 0 atom stereocenters. The molecule has 2 aromatic carbocycles. The number of aromatic nitrogens is 1. The number of carbonyl (C=O) groups is 1. The van der Waals surface area contributed by atoms with Crippen LogP contribution in [0.25, 0.3) is 11.3 Å². The van der Waals surface area contributed by atoms with Gasteiger partial charge in [-0.2, -0.15) is 0 Å². The van der Waals surface area contributed by atoms with Crippen LogP contribution in [0.2, 0.25) is 0 Å². The Kier molecular flexibility index (Phi) is 6.02. The molecule has 0 saturated heterocycles. The third-order valence-corrected chi connectivity index (χ3v) is 6.60. The van der Waals surface area contributed by atoms with E-state index in [1.165, 1.54) is 6.07 Å². The lowest BCUT2D eigenvalue weighted by atomic mass is 10.1. The number of sulfone groups is 1. The van der Waals surface area contributed by atoms with Crippen molar-refractivity contribution in [1.29, 1.82) is 0 Å². The third-order valence-electron chi connectivity index (χ3n) is 4.75. The van der Waals surface area contributed by atoms with E-state index in [-0.39, 0.29) is 17.0 Å².